The van der Waals surface area contributed by atoms with E-state index in [-0.39, 0.29) is 12.7 Å². The van der Waals surface area contributed by atoms with E-state index < -0.39 is 5.41 Å². The number of tetrazole rings is 1. The van der Waals surface area contributed by atoms with Crippen molar-refractivity contribution < 1.29 is 9.53 Å². The highest BCUT2D eigenvalue weighted by molar-refractivity contribution is 5.75. The van der Waals surface area contributed by atoms with Crippen LogP contribution in [0, 0.1) is 5.41 Å². The van der Waals surface area contributed by atoms with Gasteiger partial charge in [-0.25, -0.2) is 0 Å². The Labute approximate surface area is 75.9 Å². The fraction of sp³-hybridized carbons (Fsp3) is 0.714. The van der Waals surface area contributed by atoms with Crippen molar-refractivity contribution in [1.29, 1.82) is 0 Å². The monoisotopic (exact) mass is 184 g/mol. The lowest BCUT2D eigenvalue weighted by Crippen LogP contribution is -2.24. The average molecular weight is 184 g/mol. The molecule has 0 saturated heterocycles. The van der Waals surface area contributed by atoms with E-state index in [1.54, 1.807) is 20.8 Å². The maximum atomic E-state index is 11.2. The van der Waals surface area contributed by atoms with Crippen LogP contribution in [0.1, 0.15) is 20.8 Å². The summed E-state index contributed by atoms with van der Waals surface area (Å²) in [5.41, 5.74) is -0.499. The molecule has 13 heavy (non-hydrogen) atoms. The molecule has 0 aromatic carbocycles. The predicted molar refractivity (Wildman–Crippen MR) is 43.4 cm³/mol. The highest BCUT2D eigenvalue weighted by atomic mass is 16.5. The number of esters is 1. The zero-order valence-corrected chi connectivity index (χ0v) is 7.89. The Balaban J connectivity index is 2.40. The minimum absolute atomic E-state index is 0.0100. The summed E-state index contributed by atoms with van der Waals surface area (Å²) in [6, 6.07) is 0. The van der Waals surface area contributed by atoms with Gasteiger partial charge in [-0.15, -0.1) is 15.0 Å². The van der Waals surface area contributed by atoms with Crippen molar-refractivity contribution in [3.8, 4) is 0 Å². The molecule has 72 valence electrons. The number of ether oxygens (including phenoxy) is 1. The molecule has 0 aliphatic rings. The van der Waals surface area contributed by atoms with Crippen LogP contribution in [0.25, 0.3) is 0 Å². The Kier molecular flexibility index (Phi) is 2.60. The minimum atomic E-state index is -0.499. The van der Waals surface area contributed by atoms with Gasteiger partial charge in [0.05, 0.1) is 5.41 Å². The van der Waals surface area contributed by atoms with Gasteiger partial charge in [0, 0.05) is 0 Å². The molecule has 0 N–H and O–H groups in total. The summed E-state index contributed by atoms with van der Waals surface area (Å²) >= 11 is 0. The molecule has 6 nitrogen and oxygen atoms in total. The standard InChI is InChI=1S/C7H12N4O2/c1-7(2,3)6(12)13-5-11-9-4-8-10-11/h4H,5H2,1-3H3. The van der Waals surface area contributed by atoms with Gasteiger partial charge >= 0.3 is 5.97 Å². The SMILES string of the molecule is CC(C)(C)C(=O)OCn1ncnn1. The third-order valence-corrected chi connectivity index (χ3v) is 1.31. The molecule has 0 radical (unpaired) electrons. The quantitative estimate of drug-likeness (QED) is 0.615. The molecule has 0 atom stereocenters. The van der Waals surface area contributed by atoms with Crippen LogP contribution in [-0.2, 0) is 16.3 Å². The van der Waals surface area contributed by atoms with Crippen molar-refractivity contribution >= 4 is 5.97 Å². The molecule has 0 unspecified atom stereocenters. The van der Waals surface area contributed by atoms with Crippen LogP contribution in [0.2, 0.25) is 0 Å². The topological polar surface area (TPSA) is 69.9 Å². The molecule has 6 heteroatoms. The summed E-state index contributed by atoms with van der Waals surface area (Å²) in [6.45, 7) is 5.36. The van der Waals surface area contributed by atoms with Gasteiger partial charge in [0.1, 0.15) is 0 Å². The van der Waals surface area contributed by atoms with Crippen LogP contribution in [0.15, 0.2) is 6.33 Å². The summed E-state index contributed by atoms with van der Waals surface area (Å²) in [5.74, 6) is -0.287. The Morgan fingerprint density at radius 1 is 1.54 bits per heavy atom. The van der Waals surface area contributed by atoms with Crippen molar-refractivity contribution in [2.75, 3.05) is 0 Å². The first-order chi connectivity index (χ1) is 6.00. The Hall–Kier alpha value is -1.46. The lowest BCUT2D eigenvalue weighted by atomic mass is 9.98. The lowest BCUT2D eigenvalue weighted by Gasteiger charge is -2.15. The van der Waals surface area contributed by atoms with E-state index in [2.05, 4.69) is 15.4 Å². The maximum absolute atomic E-state index is 11.2. The second kappa shape index (κ2) is 3.51. The second-order valence-corrected chi connectivity index (χ2v) is 3.62. The first-order valence-electron chi connectivity index (χ1n) is 3.88. The van der Waals surface area contributed by atoms with Gasteiger partial charge in [0.2, 0.25) is 6.73 Å². The van der Waals surface area contributed by atoms with Crippen molar-refractivity contribution in [3.63, 3.8) is 0 Å². The van der Waals surface area contributed by atoms with E-state index in [0.29, 0.717) is 0 Å². The third-order valence-electron chi connectivity index (χ3n) is 1.31. The van der Waals surface area contributed by atoms with Crippen LogP contribution in [0.4, 0.5) is 0 Å². The van der Waals surface area contributed by atoms with Gasteiger partial charge in [0.15, 0.2) is 6.33 Å². The molecule has 1 aromatic heterocycles. The van der Waals surface area contributed by atoms with Crippen LogP contribution in [0.5, 0.6) is 0 Å². The van der Waals surface area contributed by atoms with E-state index in [0.717, 1.165) is 0 Å². The number of hydrogen-bond acceptors (Lipinski definition) is 5. The number of aromatic nitrogens is 4. The van der Waals surface area contributed by atoms with Crippen molar-refractivity contribution in [2.24, 2.45) is 5.41 Å². The molecular weight excluding hydrogens is 172 g/mol. The van der Waals surface area contributed by atoms with Crippen LogP contribution < -0.4 is 0 Å². The fourth-order valence-electron chi connectivity index (χ4n) is 0.581. The average Bonchev–Trinajstić information content (AvgIpc) is 2.50. The first-order valence-corrected chi connectivity index (χ1v) is 3.88. The Morgan fingerprint density at radius 2 is 2.23 bits per heavy atom. The van der Waals surface area contributed by atoms with Crippen molar-refractivity contribution in [2.45, 2.75) is 27.5 Å². The normalized spacial score (nSPS) is 11.3. The lowest BCUT2D eigenvalue weighted by molar-refractivity contribution is -0.157. The smallest absolute Gasteiger partial charge is 0.313 e. The van der Waals surface area contributed by atoms with Gasteiger partial charge in [-0.3, -0.25) is 4.79 Å². The second-order valence-electron chi connectivity index (χ2n) is 3.62. The molecule has 1 rings (SSSR count). The van der Waals surface area contributed by atoms with Crippen LogP contribution in [-0.4, -0.2) is 26.2 Å². The largest absolute Gasteiger partial charge is 0.440 e. The Morgan fingerprint density at radius 3 is 2.69 bits per heavy atom. The van der Waals surface area contributed by atoms with E-state index in [1.807, 2.05) is 0 Å². The third kappa shape index (κ3) is 2.81. The molecule has 0 spiro atoms. The summed E-state index contributed by atoms with van der Waals surface area (Å²) in [5, 5.41) is 10.7. The molecule has 0 bridgehead atoms. The predicted octanol–water partition coefficient (Wildman–Crippen LogP) is 0.220. The molecule has 0 aliphatic carbocycles. The van der Waals surface area contributed by atoms with Gasteiger partial charge in [0.25, 0.3) is 0 Å². The van der Waals surface area contributed by atoms with Gasteiger partial charge in [-0.1, -0.05) is 0 Å². The van der Waals surface area contributed by atoms with Gasteiger partial charge in [-0.05, 0) is 26.0 Å². The molecule has 0 aliphatic heterocycles. The molecule has 0 fully saturated rings. The van der Waals surface area contributed by atoms with E-state index in [4.69, 9.17) is 4.74 Å². The van der Waals surface area contributed by atoms with Crippen molar-refractivity contribution in [1.82, 2.24) is 20.2 Å². The maximum Gasteiger partial charge on any atom is 0.313 e. The number of carbonyl (C=O) groups is 1. The Bertz CT molecular complexity index is 275. The molecule has 0 saturated carbocycles. The number of nitrogens with zero attached hydrogens (tertiary/aromatic N) is 4. The number of hydrogen-bond donors (Lipinski definition) is 0. The van der Waals surface area contributed by atoms with E-state index >= 15 is 0 Å². The van der Waals surface area contributed by atoms with Crippen molar-refractivity contribution in [3.05, 3.63) is 6.33 Å². The summed E-state index contributed by atoms with van der Waals surface area (Å²) in [6.07, 6.45) is 1.28. The van der Waals surface area contributed by atoms with Crippen LogP contribution in [0.3, 0.4) is 0 Å². The minimum Gasteiger partial charge on any atom is -0.440 e. The number of rotatable bonds is 2. The van der Waals surface area contributed by atoms with E-state index in [1.165, 1.54) is 11.1 Å². The molecule has 1 heterocycles. The molecular formula is C7H12N4O2. The first kappa shape index (κ1) is 9.63. The summed E-state index contributed by atoms with van der Waals surface area (Å²) in [4.78, 5) is 12.4. The number of carbonyl (C=O) groups excluding carboxylic acids is 1. The molecule has 1 aromatic rings. The van der Waals surface area contributed by atoms with Gasteiger partial charge in [-0.2, -0.15) is 0 Å². The summed E-state index contributed by atoms with van der Waals surface area (Å²) in [7, 11) is 0. The van der Waals surface area contributed by atoms with E-state index in [9.17, 15) is 4.79 Å². The zero-order chi connectivity index (χ0) is 9.90. The summed E-state index contributed by atoms with van der Waals surface area (Å²) < 4.78 is 4.91. The highest BCUT2D eigenvalue weighted by Gasteiger charge is 2.23. The molecule has 0 amide bonds. The van der Waals surface area contributed by atoms with Gasteiger partial charge < -0.3 is 4.74 Å². The zero-order valence-electron chi connectivity index (χ0n) is 7.89. The van der Waals surface area contributed by atoms with Crippen LogP contribution >= 0.6 is 0 Å². The highest BCUT2D eigenvalue weighted by Crippen LogP contribution is 2.14. The fourth-order valence-corrected chi connectivity index (χ4v) is 0.581.